The van der Waals surface area contributed by atoms with E-state index in [1.54, 1.807) is 17.0 Å². The molecule has 0 saturated heterocycles. The molecule has 146 valence electrons. The van der Waals surface area contributed by atoms with Crippen molar-refractivity contribution in [1.82, 2.24) is 4.90 Å². The van der Waals surface area contributed by atoms with Crippen LogP contribution in [-0.2, 0) is 10.1 Å². The first-order valence-electron chi connectivity index (χ1n) is 9.26. The molecular weight excluding hydrogens is 362 g/mol. The van der Waals surface area contributed by atoms with Gasteiger partial charge in [-0.2, -0.15) is 8.42 Å². The van der Waals surface area contributed by atoms with Crippen LogP contribution in [0.25, 0.3) is 0 Å². The molecule has 2 aromatic carbocycles. The van der Waals surface area contributed by atoms with Crippen LogP contribution in [0, 0.1) is 0 Å². The van der Waals surface area contributed by atoms with Crippen molar-refractivity contribution < 1.29 is 17.4 Å². The van der Waals surface area contributed by atoms with E-state index in [2.05, 4.69) is 0 Å². The van der Waals surface area contributed by atoms with Crippen molar-refractivity contribution in [2.75, 3.05) is 13.1 Å². The van der Waals surface area contributed by atoms with Crippen molar-refractivity contribution >= 4 is 16.0 Å². The number of rotatable bonds is 8. The summed E-state index contributed by atoms with van der Waals surface area (Å²) < 4.78 is 30.8. The molecule has 0 fully saturated rings. The largest absolute Gasteiger partial charge is 0.379 e. The van der Waals surface area contributed by atoms with Gasteiger partial charge in [0.15, 0.2) is 0 Å². The van der Waals surface area contributed by atoms with Crippen LogP contribution in [0.2, 0.25) is 0 Å². The smallest absolute Gasteiger partial charge is 0.339 e. The third-order valence-corrected chi connectivity index (χ3v) is 5.95. The van der Waals surface area contributed by atoms with E-state index in [4.69, 9.17) is 4.18 Å². The van der Waals surface area contributed by atoms with Gasteiger partial charge in [0.2, 0.25) is 0 Å². The van der Waals surface area contributed by atoms with E-state index < -0.39 is 10.1 Å². The Balaban J connectivity index is 2.27. The van der Waals surface area contributed by atoms with E-state index in [1.807, 2.05) is 39.8 Å². The number of para-hydroxylation sites is 1. The number of carbonyl (C=O) groups is 1. The van der Waals surface area contributed by atoms with E-state index in [0.717, 1.165) is 12.0 Å². The molecule has 0 aliphatic rings. The second-order valence-corrected chi connectivity index (χ2v) is 7.93. The lowest BCUT2D eigenvalue weighted by molar-refractivity contribution is 0.0773. The van der Waals surface area contributed by atoms with Gasteiger partial charge in [-0.05, 0) is 62.1 Å². The van der Waals surface area contributed by atoms with Gasteiger partial charge in [-0.25, -0.2) is 0 Å². The van der Waals surface area contributed by atoms with Gasteiger partial charge in [0.25, 0.3) is 5.91 Å². The maximum Gasteiger partial charge on any atom is 0.339 e. The molecule has 6 heteroatoms. The average molecular weight is 390 g/mol. The third kappa shape index (κ3) is 4.89. The fourth-order valence-corrected chi connectivity index (χ4v) is 3.76. The molecule has 27 heavy (non-hydrogen) atoms. The van der Waals surface area contributed by atoms with Gasteiger partial charge in [-0.15, -0.1) is 0 Å². The minimum atomic E-state index is -3.98. The van der Waals surface area contributed by atoms with E-state index in [0.29, 0.717) is 24.4 Å². The van der Waals surface area contributed by atoms with Crippen molar-refractivity contribution in [2.24, 2.45) is 0 Å². The normalized spacial score (nSPS) is 12.4. The summed E-state index contributed by atoms with van der Waals surface area (Å²) >= 11 is 0. The van der Waals surface area contributed by atoms with Crippen molar-refractivity contribution in [1.29, 1.82) is 0 Å². The Morgan fingerprint density at radius 3 is 2.15 bits per heavy atom. The predicted octanol–water partition coefficient (Wildman–Crippen LogP) is 4.45. The Morgan fingerprint density at radius 2 is 1.59 bits per heavy atom. The summed E-state index contributed by atoms with van der Waals surface area (Å²) in [6.07, 6.45) is 0.878. The van der Waals surface area contributed by atoms with E-state index in [9.17, 15) is 13.2 Å². The first-order chi connectivity index (χ1) is 12.8. The van der Waals surface area contributed by atoms with Gasteiger partial charge in [-0.1, -0.05) is 32.0 Å². The molecule has 0 radical (unpaired) electrons. The molecule has 1 atom stereocenters. The van der Waals surface area contributed by atoms with Crippen LogP contribution < -0.4 is 4.18 Å². The summed E-state index contributed by atoms with van der Waals surface area (Å²) in [7, 11) is -3.98. The lowest BCUT2D eigenvalue weighted by atomic mass is 9.98. The van der Waals surface area contributed by atoms with Gasteiger partial charge < -0.3 is 9.08 Å². The second kappa shape index (κ2) is 9.04. The predicted molar refractivity (Wildman–Crippen MR) is 107 cm³/mol. The minimum Gasteiger partial charge on any atom is -0.379 e. The lowest BCUT2D eigenvalue weighted by Crippen LogP contribution is -2.30. The molecule has 1 amide bonds. The van der Waals surface area contributed by atoms with E-state index >= 15 is 0 Å². The van der Waals surface area contributed by atoms with Crippen LogP contribution in [0.3, 0.4) is 0 Å². The van der Waals surface area contributed by atoms with Crippen LogP contribution in [0.4, 0.5) is 0 Å². The van der Waals surface area contributed by atoms with Gasteiger partial charge in [0, 0.05) is 18.7 Å². The number of carbonyl (C=O) groups excluding carboxylic acids is 1. The average Bonchev–Trinajstić information content (AvgIpc) is 2.68. The van der Waals surface area contributed by atoms with E-state index in [1.165, 1.54) is 24.3 Å². The monoisotopic (exact) mass is 389 g/mol. The molecule has 5 nitrogen and oxygen atoms in total. The van der Waals surface area contributed by atoms with E-state index in [-0.39, 0.29) is 16.7 Å². The van der Waals surface area contributed by atoms with Crippen molar-refractivity contribution in [2.45, 2.75) is 44.9 Å². The molecule has 2 rings (SSSR count). The maximum atomic E-state index is 12.7. The molecule has 0 aromatic heterocycles. The molecule has 0 heterocycles. The Morgan fingerprint density at radius 1 is 1.00 bits per heavy atom. The quantitative estimate of drug-likeness (QED) is 0.626. The summed E-state index contributed by atoms with van der Waals surface area (Å²) in [5, 5.41) is 0. The summed E-state index contributed by atoms with van der Waals surface area (Å²) in [4.78, 5) is 14.1. The molecule has 2 aromatic rings. The second-order valence-electron chi connectivity index (χ2n) is 6.39. The molecular formula is C21H27NO4S. The minimum absolute atomic E-state index is 0.0255. The fourth-order valence-electron chi connectivity index (χ4n) is 2.81. The van der Waals surface area contributed by atoms with Gasteiger partial charge in [0.05, 0.1) is 0 Å². The number of nitrogens with zero attached hydrogens (tertiary/aromatic N) is 1. The van der Waals surface area contributed by atoms with Crippen LogP contribution >= 0.6 is 0 Å². The van der Waals surface area contributed by atoms with Crippen LogP contribution in [-0.4, -0.2) is 32.3 Å². The number of benzene rings is 2. The molecule has 1 unspecified atom stereocenters. The highest BCUT2D eigenvalue weighted by Gasteiger charge is 2.21. The fraction of sp³-hybridized carbons (Fsp3) is 0.381. The number of hydrogen-bond acceptors (Lipinski definition) is 4. The molecule has 0 aliphatic heterocycles. The molecule has 0 aliphatic carbocycles. The molecule has 0 bridgehead atoms. The third-order valence-electron chi connectivity index (χ3n) is 4.70. The highest BCUT2D eigenvalue weighted by Crippen LogP contribution is 2.30. The van der Waals surface area contributed by atoms with Crippen molar-refractivity contribution in [3.05, 3.63) is 59.7 Å². The summed E-state index contributed by atoms with van der Waals surface area (Å²) in [6.45, 7) is 9.09. The molecule has 0 saturated carbocycles. The first kappa shape index (κ1) is 21.0. The molecule has 0 N–H and O–H groups in total. The van der Waals surface area contributed by atoms with Crippen LogP contribution in [0.1, 0.15) is 56.0 Å². The highest BCUT2D eigenvalue weighted by molar-refractivity contribution is 7.87. The molecule has 0 spiro atoms. The summed E-state index contributed by atoms with van der Waals surface area (Å²) in [6, 6.07) is 13.0. The van der Waals surface area contributed by atoms with Crippen molar-refractivity contribution in [3.8, 4) is 5.75 Å². The van der Waals surface area contributed by atoms with Gasteiger partial charge >= 0.3 is 10.1 Å². The topological polar surface area (TPSA) is 63.7 Å². The Kier molecular flexibility index (Phi) is 7.02. The zero-order chi connectivity index (χ0) is 20.0. The zero-order valence-corrected chi connectivity index (χ0v) is 17.1. The van der Waals surface area contributed by atoms with Gasteiger partial charge in [0.1, 0.15) is 10.6 Å². The zero-order valence-electron chi connectivity index (χ0n) is 16.3. The van der Waals surface area contributed by atoms with Crippen LogP contribution in [0.15, 0.2) is 53.4 Å². The SMILES string of the molecule is CCC(C)c1ccccc1OS(=O)(=O)c1ccc(C(=O)N(CC)CC)cc1. The Bertz CT molecular complexity index is 871. The first-order valence-corrected chi connectivity index (χ1v) is 10.7. The van der Waals surface area contributed by atoms with Crippen LogP contribution in [0.5, 0.6) is 5.75 Å². The lowest BCUT2D eigenvalue weighted by Gasteiger charge is -2.18. The Labute approximate surface area is 162 Å². The highest BCUT2D eigenvalue weighted by atomic mass is 32.2. The van der Waals surface area contributed by atoms with Crippen molar-refractivity contribution in [3.63, 3.8) is 0 Å². The number of hydrogen-bond donors (Lipinski definition) is 0. The Hall–Kier alpha value is -2.34. The maximum absolute atomic E-state index is 12.7. The summed E-state index contributed by atoms with van der Waals surface area (Å²) in [5.41, 5.74) is 1.31. The standard InChI is InChI=1S/C21H27NO4S/c1-5-16(4)19-10-8-9-11-20(19)26-27(24,25)18-14-12-17(13-15-18)21(23)22(6-2)7-3/h8-16H,5-7H2,1-4H3. The van der Waals surface area contributed by atoms with Gasteiger partial charge in [-0.3, -0.25) is 4.79 Å². The summed E-state index contributed by atoms with van der Waals surface area (Å²) in [5.74, 6) is 0.410. The number of amides is 1.